The van der Waals surface area contributed by atoms with Crippen LogP contribution in [0.4, 0.5) is 5.69 Å². The number of carboxylic acid groups (broad SMARTS) is 1. The fraction of sp³-hybridized carbons (Fsp3) is 0.100. The van der Waals surface area contributed by atoms with Crippen molar-refractivity contribution in [3.63, 3.8) is 0 Å². The number of aliphatic carboxylic acids is 1. The number of nitrogens with one attached hydrogen (secondary N) is 2. The summed E-state index contributed by atoms with van der Waals surface area (Å²) >= 11 is 0. The largest absolute Gasteiger partial charge is 0.545 e. The van der Waals surface area contributed by atoms with Gasteiger partial charge in [0.15, 0.2) is 0 Å². The fourth-order valence-corrected chi connectivity index (χ4v) is 5.95. The normalized spacial score (nSPS) is 13.8. The van der Waals surface area contributed by atoms with E-state index in [2.05, 4.69) is 4.72 Å². The monoisotopic (exact) mass is 553 g/mol. The molecule has 1 atom stereocenters. The molecule has 0 saturated heterocycles. The van der Waals surface area contributed by atoms with E-state index in [-0.39, 0.29) is 29.3 Å². The Balaban J connectivity index is 1.55. The standard InChI is InChI=1S/C30H26N4O5S/c31-28(32)23-10-5-6-19(14-23)15-26(33-40(38,39)25-13-12-20-7-1-2-8-21(20)17-25)29(35)34-18-24(30(36)37)16-22-9-3-4-11-27(22)34/h1-14,16-17,26,33H,15,18H2,(H3,31,32)(H,36,37)/p-1/t26-/m0/s1. The van der Waals surface area contributed by atoms with Gasteiger partial charge in [-0.05, 0) is 64.2 Å². The van der Waals surface area contributed by atoms with Crippen LogP contribution in [-0.2, 0) is 26.0 Å². The third-order valence-electron chi connectivity index (χ3n) is 6.72. The molecule has 4 aromatic carbocycles. The number of rotatable bonds is 8. The maximum atomic E-state index is 14.1. The number of hydrogen-bond donors (Lipinski definition) is 3. The third kappa shape index (κ3) is 5.49. The highest BCUT2D eigenvalue weighted by Gasteiger charge is 2.33. The van der Waals surface area contributed by atoms with Crippen LogP contribution in [0.2, 0.25) is 0 Å². The maximum absolute atomic E-state index is 14.1. The first kappa shape index (κ1) is 26.8. The summed E-state index contributed by atoms with van der Waals surface area (Å²) in [4.78, 5) is 27.1. The van der Waals surface area contributed by atoms with E-state index in [1.54, 1.807) is 66.7 Å². The van der Waals surface area contributed by atoms with Gasteiger partial charge in [-0.3, -0.25) is 10.2 Å². The van der Waals surface area contributed by atoms with Crippen molar-refractivity contribution in [3.8, 4) is 0 Å². The van der Waals surface area contributed by atoms with E-state index >= 15 is 0 Å². The first-order valence-electron chi connectivity index (χ1n) is 12.4. The number of para-hydroxylation sites is 1. The van der Waals surface area contributed by atoms with E-state index in [0.29, 0.717) is 22.4 Å². The molecule has 9 nitrogen and oxygen atoms in total. The van der Waals surface area contributed by atoms with Gasteiger partial charge in [0.1, 0.15) is 11.9 Å². The number of nitrogens with zero attached hydrogens (tertiary/aromatic N) is 1. The molecular formula is C30H25N4O5S-. The number of sulfonamides is 1. The summed E-state index contributed by atoms with van der Waals surface area (Å²) in [5, 5.41) is 21.1. The van der Waals surface area contributed by atoms with Crippen LogP contribution in [0.1, 0.15) is 16.7 Å². The van der Waals surface area contributed by atoms with Gasteiger partial charge in [0.05, 0.1) is 23.1 Å². The average Bonchev–Trinajstić information content (AvgIpc) is 2.95. The Morgan fingerprint density at radius 3 is 2.42 bits per heavy atom. The van der Waals surface area contributed by atoms with Crippen molar-refractivity contribution in [2.75, 3.05) is 11.4 Å². The molecule has 10 heteroatoms. The number of amides is 1. The zero-order valence-corrected chi connectivity index (χ0v) is 22.0. The smallest absolute Gasteiger partial charge is 0.245 e. The lowest BCUT2D eigenvalue weighted by Gasteiger charge is -2.33. The highest BCUT2D eigenvalue weighted by molar-refractivity contribution is 7.89. The summed E-state index contributed by atoms with van der Waals surface area (Å²) < 4.78 is 29.8. The lowest BCUT2D eigenvalue weighted by atomic mass is 9.99. The van der Waals surface area contributed by atoms with E-state index in [1.807, 2.05) is 12.1 Å². The molecule has 0 unspecified atom stereocenters. The molecule has 0 bridgehead atoms. The minimum absolute atomic E-state index is 0.0177. The molecule has 1 amide bonds. The minimum atomic E-state index is -4.20. The van der Waals surface area contributed by atoms with E-state index in [4.69, 9.17) is 11.1 Å². The van der Waals surface area contributed by atoms with Gasteiger partial charge in [-0.15, -0.1) is 0 Å². The van der Waals surface area contributed by atoms with Crippen LogP contribution in [0.5, 0.6) is 0 Å². The van der Waals surface area contributed by atoms with Gasteiger partial charge in [0, 0.05) is 5.56 Å². The molecule has 4 aromatic rings. The Hall–Kier alpha value is -4.80. The summed E-state index contributed by atoms with van der Waals surface area (Å²) in [6.07, 6.45) is 1.37. The van der Waals surface area contributed by atoms with Crippen molar-refractivity contribution < 1.29 is 23.1 Å². The number of carbonyl (C=O) groups is 2. The number of nitrogens with two attached hydrogens (primary N) is 1. The van der Waals surface area contributed by atoms with Gasteiger partial charge in [0.25, 0.3) is 0 Å². The number of nitrogen functional groups attached to an aromatic ring is 1. The fourth-order valence-electron chi connectivity index (χ4n) is 4.72. The number of hydrogen-bond acceptors (Lipinski definition) is 6. The second-order valence-electron chi connectivity index (χ2n) is 9.44. The van der Waals surface area contributed by atoms with E-state index in [9.17, 15) is 23.1 Å². The van der Waals surface area contributed by atoms with Crippen molar-refractivity contribution in [3.05, 3.63) is 113 Å². The van der Waals surface area contributed by atoms with Crippen LogP contribution < -0.4 is 20.5 Å². The van der Waals surface area contributed by atoms with E-state index in [1.165, 1.54) is 23.1 Å². The van der Waals surface area contributed by atoms with Gasteiger partial charge in [-0.2, -0.15) is 4.72 Å². The first-order chi connectivity index (χ1) is 19.1. The molecule has 5 rings (SSSR count). The molecule has 40 heavy (non-hydrogen) atoms. The summed E-state index contributed by atoms with van der Waals surface area (Å²) in [7, 11) is -4.20. The molecule has 1 aliphatic rings. The zero-order chi connectivity index (χ0) is 28.4. The van der Waals surface area contributed by atoms with Crippen molar-refractivity contribution >= 4 is 50.3 Å². The predicted octanol–water partition coefficient (Wildman–Crippen LogP) is 2.19. The molecule has 202 valence electrons. The average molecular weight is 554 g/mol. The number of benzene rings is 4. The maximum Gasteiger partial charge on any atom is 0.245 e. The van der Waals surface area contributed by atoms with Gasteiger partial charge in [-0.25, -0.2) is 8.42 Å². The van der Waals surface area contributed by atoms with E-state index < -0.39 is 27.9 Å². The molecule has 0 spiro atoms. The molecule has 0 fully saturated rings. The number of fused-ring (bicyclic) bond motifs is 2. The molecule has 0 aromatic heterocycles. The Morgan fingerprint density at radius 2 is 1.68 bits per heavy atom. The number of carbonyl (C=O) groups excluding carboxylic acids is 2. The second-order valence-corrected chi connectivity index (χ2v) is 11.2. The molecular weight excluding hydrogens is 528 g/mol. The quantitative estimate of drug-likeness (QED) is 0.224. The topological polar surface area (TPSA) is 156 Å². The number of amidine groups is 1. The molecule has 0 saturated carbocycles. The SMILES string of the molecule is N=C(N)c1cccc(C[C@H](NS(=O)(=O)c2ccc3ccccc3c2)C(=O)N2CC(C(=O)[O-])=Cc3ccccc32)c1. The molecule has 1 aliphatic heterocycles. The highest BCUT2D eigenvalue weighted by atomic mass is 32.2. The van der Waals surface area contributed by atoms with Crippen LogP contribution in [0, 0.1) is 5.41 Å². The first-order valence-corrected chi connectivity index (χ1v) is 13.9. The number of anilines is 1. The Bertz CT molecular complexity index is 1800. The lowest BCUT2D eigenvalue weighted by Crippen LogP contribution is -2.51. The van der Waals surface area contributed by atoms with Crippen LogP contribution >= 0.6 is 0 Å². The van der Waals surface area contributed by atoms with Gasteiger partial charge < -0.3 is 20.5 Å². The highest BCUT2D eigenvalue weighted by Crippen LogP contribution is 2.30. The van der Waals surface area contributed by atoms with Gasteiger partial charge >= 0.3 is 0 Å². The summed E-state index contributed by atoms with van der Waals surface area (Å²) in [5.74, 6) is -2.23. The third-order valence-corrected chi connectivity index (χ3v) is 8.19. The van der Waals surface area contributed by atoms with Crippen molar-refractivity contribution in [2.24, 2.45) is 5.73 Å². The Kier molecular flexibility index (Phi) is 7.20. The molecule has 1 heterocycles. The van der Waals surface area contributed by atoms with Crippen LogP contribution in [0.25, 0.3) is 16.8 Å². The van der Waals surface area contributed by atoms with Crippen molar-refractivity contribution in [1.29, 1.82) is 5.41 Å². The molecule has 4 N–H and O–H groups in total. The Labute approximate surface area is 231 Å². The van der Waals surface area contributed by atoms with Crippen molar-refractivity contribution in [2.45, 2.75) is 17.4 Å². The zero-order valence-electron chi connectivity index (χ0n) is 21.2. The van der Waals surface area contributed by atoms with Gasteiger partial charge in [-0.1, -0.05) is 66.7 Å². The Morgan fingerprint density at radius 1 is 0.950 bits per heavy atom. The minimum Gasteiger partial charge on any atom is -0.545 e. The van der Waals surface area contributed by atoms with Crippen LogP contribution in [0.15, 0.2) is 101 Å². The second kappa shape index (κ2) is 10.8. The summed E-state index contributed by atoms with van der Waals surface area (Å²) in [6.45, 7) is -0.292. The summed E-state index contributed by atoms with van der Waals surface area (Å²) in [6, 6.07) is 24.1. The molecule has 0 radical (unpaired) electrons. The van der Waals surface area contributed by atoms with Crippen LogP contribution in [-0.4, -0.2) is 38.7 Å². The van der Waals surface area contributed by atoms with Crippen LogP contribution in [0.3, 0.4) is 0 Å². The van der Waals surface area contributed by atoms with E-state index in [0.717, 1.165) is 10.8 Å². The number of carboxylic acids is 1. The van der Waals surface area contributed by atoms with Crippen molar-refractivity contribution in [1.82, 2.24) is 4.72 Å². The predicted molar refractivity (Wildman–Crippen MR) is 151 cm³/mol. The summed E-state index contributed by atoms with van der Waals surface area (Å²) in [5.41, 5.74) is 7.46. The molecule has 0 aliphatic carbocycles. The lowest BCUT2D eigenvalue weighted by molar-refractivity contribution is -0.299. The van der Waals surface area contributed by atoms with Gasteiger partial charge in [0.2, 0.25) is 15.9 Å².